The molecule has 1 spiro atoms. The third-order valence-electron chi connectivity index (χ3n) is 6.49. The van der Waals surface area contributed by atoms with Crippen LogP contribution in [0.15, 0.2) is 36.4 Å². The van der Waals surface area contributed by atoms with Gasteiger partial charge in [0.25, 0.3) is 11.8 Å². The van der Waals surface area contributed by atoms with Crippen molar-refractivity contribution >= 4 is 11.8 Å². The fraction of sp³-hybridized carbons (Fsp3) is 0.565. The number of hydrogen-bond acceptors (Lipinski definition) is 5. The maximum Gasteiger partial charge on any atom is 0.257 e. The molecular weight excluding hydrogens is 382 g/mol. The lowest BCUT2D eigenvalue weighted by Crippen LogP contribution is -2.59. The van der Waals surface area contributed by atoms with Crippen LogP contribution >= 0.6 is 0 Å². The second-order valence-corrected chi connectivity index (χ2v) is 9.08. The topological polar surface area (TPSA) is 79.9 Å². The predicted octanol–water partition coefficient (Wildman–Crippen LogP) is 1.60. The molecule has 0 aliphatic carbocycles. The summed E-state index contributed by atoms with van der Waals surface area (Å²) in [6.07, 6.45) is 4.27. The minimum Gasteiger partial charge on any atom is -0.489 e. The van der Waals surface area contributed by atoms with E-state index in [1.54, 1.807) is 0 Å². The van der Waals surface area contributed by atoms with Gasteiger partial charge in [0.2, 0.25) is 0 Å². The van der Waals surface area contributed by atoms with Crippen LogP contribution < -0.4 is 15.4 Å². The minimum absolute atomic E-state index is 0.0253. The average molecular weight is 414 g/mol. The second kappa shape index (κ2) is 8.40. The van der Waals surface area contributed by atoms with Crippen LogP contribution in [0.4, 0.5) is 0 Å². The number of nitrogens with one attached hydrogen (secondary N) is 2. The molecule has 2 fully saturated rings. The number of hydrogen-bond donors (Lipinski definition) is 2. The van der Waals surface area contributed by atoms with Crippen molar-refractivity contribution < 1.29 is 19.1 Å². The van der Waals surface area contributed by atoms with Crippen LogP contribution in [0.2, 0.25) is 0 Å². The molecule has 2 atom stereocenters. The number of amides is 2. The fourth-order valence-corrected chi connectivity index (χ4v) is 4.52. The molecule has 0 radical (unpaired) electrons. The molecule has 4 rings (SSSR count). The first-order valence-electron chi connectivity index (χ1n) is 10.7. The summed E-state index contributed by atoms with van der Waals surface area (Å²) in [5, 5.41) is 6.41. The number of fused-ring (bicyclic) bond motifs is 3. The molecule has 3 aliphatic heterocycles. The molecule has 1 aromatic rings. The molecule has 1 aromatic carbocycles. The fourth-order valence-electron chi connectivity index (χ4n) is 4.52. The Morgan fingerprint density at radius 1 is 1.17 bits per heavy atom. The predicted molar refractivity (Wildman–Crippen MR) is 113 cm³/mol. The Kier molecular flexibility index (Phi) is 5.84. The highest BCUT2D eigenvalue weighted by atomic mass is 16.5. The van der Waals surface area contributed by atoms with E-state index in [2.05, 4.69) is 24.5 Å². The van der Waals surface area contributed by atoms with Gasteiger partial charge in [-0.05, 0) is 17.5 Å². The smallest absolute Gasteiger partial charge is 0.257 e. The van der Waals surface area contributed by atoms with Crippen LogP contribution in [-0.2, 0) is 9.53 Å². The Balaban J connectivity index is 1.63. The molecule has 0 saturated carbocycles. The van der Waals surface area contributed by atoms with Gasteiger partial charge in [0.15, 0.2) is 5.60 Å². The van der Waals surface area contributed by atoms with E-state index in [4.69, 9.17) is 9.47 Å². The van der Waals surface area contributed by atoms with Crippen LogP contribution in [0.3, 0.4) is 0 Å². The minimum atomic E-state index is -0.912. The van der Waals surface area contributed by atoms with Crippen molar-refractivity contribution in [2.24, 2.45) is 11.3 Å². The van der Waals surface area contributed by atoms with Crippen LogP contribution in [-0.4, -0.2) is 68.3 Å². The Bertz CT molecular complexity index is 829. The van der Waals surface area contributed by atoms with E-state index >= 15 is 0 Å². The summed E-state index contributed by atoms with van der Waals surface area (Å²) in [5.74, 6) is 0.622. The maximum absolute atomic E-state index is 13.2. The number of para-hydroxylation sites is 1. The average Bonchev–Trinajstić information content (AvgIpc) is 3.05. The van der Waals surface area contributed by atoms with Crippen molar-refractivity contribution in [3.05, 3.63) is 42.0 Å². The van der Waals surface area contributed by atoms with Crippen LogP contribution in [0.25, 0.3) is 0 Å². The Morgan fingerprint density at radius 3 is 2.80 bits per heavy atom. The molecule has 2 unspecified atom stereocenters. The van der Waals surface area contributed by atoms with Gasteiger partial charge >= 0.3 is 0 Å². The van der Waals surface area contributed by atoms with Gasteiger partial charge in [-0.2, -0.15) is 0 Å². The molecule has 7 heteroatoms. The van der Waals surface area contributed by atoms with Gasteiger partial charge in [0.05, 0.1) is 12.2 Å². The van der Waals surface area contributed by atoms with Gasteiger partial charge in [-0.25, -0.2) is 0 Å². The van der Waals surface area contributed by atoms with Crippen molar-refractivity contribution in [2.45, 2.75) is 25.9 Å². The van der Waals surface area contributed by atoms with Crippen molar-refractivity contribution in [1.29, 1.82) is 0 Å². The zero-order valence-corrected chi connectivity index (χ0v) is 17.8. The Labute approximate surface area is 177 Å². The molecule has 3 aliphatic rings. The van der Waals surface area contributed by atoms with E-state index in [9.17, 15) is 9.59 Å². The van der Waals surface area contributed by atoms with E-state index < -0.39 is 5.60 Å². The van der Waals surface area contributed by atoms with Crippen molar-refractivity contribution in [3.63, 3.8) is 0 Å². The first-order chi connectivity index (χ1) is 14.4. The van der Waals surface area contributed by atoms with E-state index in [0.29, 0.717) is 57.1 Å². The third-order valence-corrected chi connectivity index (χ3v) is 6.49. The van der Waals surface area contributed by atoms with Gasteiger partial charge in [-0.1, -0.05) is 38.1 Å². The number of morpholine rings is 1. The quantitative estimate of drug-likeness (QED) is 0.632. The summed E-state index contributed by atoms with van der Waals surface area (Å²) in [6.45, 7) is 8.11. The zero-order valence-electron chi connectivity index (χ0n) is 17.8. The summed E-state index contributed by atoms with van der Waals surface area (Å²) in [6, 6.07) is 7.39. The molecule has 2 bridgehead atoms. The SMILES string of the molecule is CC1(C)CN2CC1CNC(=O)C1(C/C=C\COc3ccccc3C2=O)CNCCO1. The number of benzene rings is 1. The molecule has 2 N–H and O–H groups in total. The third kappa shape index (κ3) is 4.09. The standard InChI is InChI=1S/C23H31N3O4/c1-22(2)16-26-14-17(22)13-25-21(28)23(15-24-10-12-30-23)9-5-6-11-29-19-8-4-3-7-18(19)20(26)27/h3-8,17,24H,9-16H2,1-2H3,(H,25,28)/b6-5-. The molecule has 7 nitrogen and oxygen atoms in total. The van der Waals surface area contributed by atoms with Crippen molar-refractivity contribution in [2.75, 3.05) is 45.9 Å². The second-order valence-electron chi connectivity index (χ2n) is 9.08. The Morgan fingerprint density at radius 2 is 2.00 bits per heavy atom. The number of carbonyl (C=O) groups is 2. The van der Waals surface area contributed by atoms with Crippen molar-refractivity contribution in [1.82, 2.24) is 15.5 Å². The lowest BCUT2D eigenvalue weighted by Gasteiger charge is -2.36. The van der Waals surface area contributed by atoms with E-state index in [0.717, 1.165) is 6.54 Å². The highest BCUT2D eigenvalue weighted by Gasteiger charge is 2.44. The largest absolute Gasteiger partial charge is 0.489 e. The zero-order chi connectivity index (χ0) is 21.2. The van der Waals surface area contributed by atoms with Crippen molar-refractivity contribution in [3.8, 4) is 5.75 Å². The molecule has 0 aromatic heterocycles. The van der Waals surface area contributed by atoms with Gasteiger partial charge in [-0.3, -0.25) is 9.59 Å². The summed E-state index contributed by atoms with van der Waals surface area (Å²) in [5.41, 5.74) is -0.433. The Hall–Kier alpha value is -2.38. The number of ether oxygens (including phenoxy) is 2. The summed E-state index contributed by atoms with van der Waals surface area (Å²) in [4.78, 5) is 28.3. The summed E-state index contributed by atoms with van der Waals surface area (Å²) >= 11 is 0. The lowest BCUT2D eigenvalue weighted by molar-refractivity contribution is -0.150. The van der Waals surface area contributed by atoms with E-state index in [1.807, 2.05) is 41.3 Å². The highest BCUT2D eigenvalue weighted by molar-refractivity contribution is 5.97. The highest BCUT2D eigenvalue weighted by Crippen LogP contribution is 2.36. The number of rotatable bonds is 0. The normalized spacial score (nSPS) is 30.6. The van der Waals surface area contributed by atoms with Crippen LogP contribution in [0.5, 0.6) is 5.75 Å². The first-order valence-corrected chi connectivity index (χ1v) is 10.7. The molecule has 2 saturated heterocycles. The molecule has 3 heterocycles. The van der Waals surface area contributed by atoms with Gasteiger partial charge in [0.1, 0.15) is 12.4 Å². The molecule has 2 amide bonds. The monoisotopic (exact) mass is 413 g/mol. The number of nitrogens with zero attached hydrogens (tertiary/aromatic N) is 1. The number of carbonyl (C=O) groups excluding carboxylic acids is 2. The van der Waals surface area contributed by atoms with Crippen LogP contribution in [0, 0.1) is 11.3 Å². The molecule has 162 valence electrons. The first kappa shape index (κ1) is 20.9. The van der Waals surface area contributed by atoms with E-state index in [-0.39, 0.29) is 23.1 Å². The van der Waals surface area contributed by atoms with Crippen LogP contribution in [0.1, 0.15) is 30.6 Å². The molecule has 30 heavy (non-hydrogen) atoms. The maximum atomic E-state index is 13.2. The van der Waals surface area contributed by atoms with Gasteiger partial charge in [-0.15, -0.1) is 0 Å². The van der Waals surface area contributed by atoms with Gasteiger partial charge < -0.3 is 25.0 Å². The molecular formula is C23H31N3O4. The summed E-state index contributed by atoms with van der Waals surface area (Å²) < 4.78 is 11.9. The van der Waals surface area contributed by atoms with Gasteiger partial charge in [0, 0.05) is 45.1 Å². The van der Waals surface area contributed by atoms with E-state index in [1.165, 1.54) is 0 Å². The summed E-state index contributed by atoms with van der Waals surface area (Å²) in [7, 11) is 0. The lowest BCUT2D eigenvalue weighted by atomic mass is 9.82.